The van der Waals surface area contributed by atoms with Crippen molar-refractivity contribution >= 4 is 17.8 Å². The number of amides is 4. The number of nitrogens with one attached hydrogen (secondary N) is 3. The number of nitrogens with two attached hydrogens (primary N) is 1. The summed E-state index contributed by atoms with van der Waals surface area (Å²) in [4.78, 5) is 33.3. The Morgan fingerprint density at radius 2 is 1.65 bits per heavy atom. The van der Waals surface area contributed by atoms with E-state index in [1.165, 1.54) is 0 Å². The average Bonchev–Trinajstić information content (AvgIpc) is 2.24. The molecule has 0 saturated heterocycles. The van der Waals surface area contributed by atoms with Gasteiger partial charge in [-0.1, -0.05) is 6.92 Å². The van der Waals surface area contributed by atoms with Crippen molar-refractivity contribution in [3.8, 4) is 0 Å². The summed E-state index contributed by atoms with van der Waals surface area (Å²) in [6.07, 6.45) is 0.843. The highest BCUT2D eigenvalue weighted by atomic mass is 16.2. The first-order valence-corrected chi connectivity index (χ1v) is 5.52. The summed E-state index contributed by atoms with van der Waals surface area (Å²) in [6, 6.07) is -2.10. The van der Waals surface area contributed by atoms with Crippen LogP contribution in [0.5, 0.6) is 0 Å². The van der Waals surface area contributed by atoms with Gasteiger partial charge >= 0.3 is 6.03 Å². The Labute approximate surface area is 100 Å². The zero-order valence-electron chi connectivity index (χ0n) is 10.4. The normalized spacial score (nSPS) is 13.6. The molecule has 5 N–H and O–H groups in total. The van der Waals surface area contributed by atoms with Crippen LogP contribution in [0.3, 0.4) is 0 Å². The molecule has 0 aliphatic rings. The number of hydrogen-bond donors (Lipinski definition) is 4. The molecule has 0 radical (unpaired) electrons. The van der Waals surface area contributed by atoms with Crippen LogP contribution in [0.1, 0.15) is 27.2 Å². The summed E-state index contributed by atoms with van der Waals surface area (Å²) in [6.45, 7) is 5.72. The van der Waals surface area contributed by atoms with E-state index in [4.69, 9.17) is 5.73 Å². The summed E-state index contributed by atoms with van der Waals surface area (Å²) in [7, 11) is 0. The molecule has 2 atom stereocenters. The molecule has 0 aliphatic carbocycles. The largest absolute Gasteiger partial charge is 0.355 e. The van der Waals surface area contributed by atoms with E-state index in [2.05, 4.69) is 10.6 Å². The van der Waals surface area contributed by atoms with Crippen molar-refractivity contribution in [1.82, 2.24) is 16.0 Å². The lowest BCUT2D eigenvalue weighted by Gasteiger charge is -2.18. The summed E-state index contributed by atoms with van der Waals surface area (Å²) in [5.41, 5.74) is 4.81. The van der Waals surface area contributed by atoms with E-state index >= 15 is 0 Å². The van der Waals surface area contributed by atoms with Crippen LogP contribution >= 0.6 is 0 Å². The summed E-state index contributed by atoms with van der Waals surface area (Å²) in [5.74, 6) is -0.752. The molecule has 0 saturated carbocycles. The number of carbonyl (C=O) groups is 3. The van der Waals surface area contributed by atoms with Crippen molar-refractivity contribution < 1.29 is 14.4 Å². The van der Waals surface area contributed by atoms with E-state index in [0.29, 0.717) is 6.54 Å². The molecule has 98 valence electrons. The first-order valence-electron chi connectivity index (χ1n) is 5.52. The molecular weight excluding hydrogens is 224 g/mol. The predicted molar refractivity (Wildman–Crippen MR) is 63.1 cm³/mol. The Morgan fingerprint density at radius 3 is 2.12 bits per heavy atom. The van der Waals surface area contributed by atoms with E-state index in [9.17, 15) is 14.4 Å². The van der Waals surface area contributed by atoms with E-state index in [1.807, 2.05) is 12.2 Å². The fourth-order valence-corrected chi connectivity index (χ4v) is 1.16. The molecule has 7 nitrogen and oxygen atoms in total. The lowest BCUT2D eigenvalue weighted by Crippen LogP contribution is -2.52. The van der Waals surface area contributed by atoms with E-state index in [1.54, 1.807) is 13.8 Å². The molecule has 4 amide bonds. The van der Waals surface area contributed by atoms with Gasteiger partial charge in [0.05, 0.1) is 12.1 Å². The second-order valence-electron chi connectivity index (χ2n) is 3.75. The van der Waals surface area contributed by atoms with Crippen LogP contribution in [0.25, 0.3) is 0 Å². The fourth-order valence-electron chi connectivity index (χ4n) is 1.16. The van der Waals surface area contributed by atoms with E-state index < -0.39 is 24.0 Å². The van der Waals surface area contributed by atoms with Crippen molar-refractivity contribution in [1.29, 1.82) is 0 Å². The van der Waals surface area contributed by atoms with Gasteiger partial charge in [-0.15, -0.1) is 0 Å². The van der Waals surface area contributed by atoms with Gasteiger partial charge in [-0.2, -0.15) is 0 Å². The van der Waals surface area contributed by atoms with Gasteiger partial charge in [0.15, 0.2) is 0 Å². The number of carbonyl (C=O) groups excluding carboxylic acids is 3. The lowest BCUT2D eigenvalue weighted by molar-refractivity contribution is -0.124. The van der Waals surface area contributed by atoms with Gasteiger partial charge in [0.25, 0.3) is 0 Å². The van der Waals surface area contributed by atoms with E-state index in [-0.39, 0.29) is 5.91 Å². The first-order chi connectivity index (χ1) is 7.88. The molecular formula is C10H20N4O3. The molecule has 0 heterocycles. The number of imide groups is 1. The minimum absolute atomic E-state index is 0.189. The van der Waals surface area contributed by atoms with Gasteiger partial charge < -0.3 is 11.1 Å². The van der Waals surface area contributed by atoms with Crippen LogP contribution in [0.4, 0.5) is 4.79 Å². The van der Waals surface area contributed by atoms with Crippen LogP contribution in [0, 0.1) is 0 Å². The monoisotopic (exact) mass is 244 g/mol. The summed E-state index contributed by atoms with van der Waals surface area (Å²) in [5, 5.41) is 7.39. The maximum Gasteiger partial charge on any atom is 0.318 e. The van der Waals surface area contributed by atoms with Crippen LogP contribution in [-0.4, -0.2) is 36.5 Å². The third-order valence-electron chi connectivity index (χ3n) is 2.08. The highest BCUT2D eigenvalue weighted by Crippen LogP contribution is 1.89. The quantitative estimate of drug-likeness (QED) is 0.483. The van der Waals surface area contributed by atoms with Crippen LogP contribution in [0.2, 0.25) is 0 Å². The van der Waals surface area contributed by atoms with Gasteiger partial charge in [-0.3, -0.25) is 20.2 Å². The molecule has 17 heavy (non-hydrogen) atoms. The Bertz CT molecular complexity index is 293. The minimum atomic E-state index is -0.910. The minimum Gasteiger partial charge on any atom is -0.355 e. The molecule has 0 fully saturated rings. The maximum atomic E-state index is 11.5. The van der Waals surface area contributed by atoms with Crippen LogP contribution in [0.15, 0.2) is 0 Å². The van der Waals surface area contributed by atoms with E-state index in [0.717, 1.165) is 6.42 Å². The maximum absolute atomic E-state index is 11.5. The Hall–Kier alpha value is -1.63. The molecule has 2 unspecified atom stereocenters. The third-order valence-corrected chi connectivity index (χ3v) is 2.08. The zero-order chi connectivity index (χ0) is 13.4. The number of hydrogen-bond acceptors (Lipinski definition) is 4. The molecule has 0 aliphatic heterocycles. The summed E-state index contributed by atoms with van der Waals surface area (Å²) < 4.78 is 0. The number of rotatable bonds is 6. The van der Waals surface area contributed by atoms with Crippen molar-refractivity contribution in [3.05, 3.63) is 0 Å². The topological polar surface area (TPSA) is 113 Å². The first kappa shape index (κ1) is 15.4. The smallest absolute Gasteiger partial charge is 0.318 e. The standard InChI is InChI=1S/C10H20N4O3/c1-4-5-12-8(15)6(2)13-7(3)9(16)14-10(11)17/h6-7,13H,4-5H2,1-3H3,(H,12,15)(H3,11,14,16,17). The second-order valence-corrected chi connectivity index (χ2v) is 3.75. The highest BCUT2D eigenvalue weighted by molar-refractivity contribution is 5.96. The Balaban J connectivity index is 4.09. The third kappa shape index (κ3) is 6.52. The van der Waals surface area contributed by atoms with Crippen molar-refractivity contribution in [2.24, 2.45) is 5.73 Å². The van der Waals surface area contributed by atoms with Crippen molar-refractivity contribution in [2.75, 3.05) is 6.54 Å². The van der Waals surface area contributed by atoms with Crippen LogP contribution < -0.4 is 21.7 Å². The average molecular weight is 244 g/mol. The zero-order valence-corrected chi connectivity index (χ0v) is 10.4. The van der Waals surface area contributed by atoms with Gasteiger partial charge in [0.2, 0.25) is 11.8 Å². The van der Waals surface area contributed by atoms with Gasteiger partial charge in [0.1, 0.15) is 0 Å². The lowest BCUT2D eigenvalue weighted by atomic mass is 10.2. The Morgan fingerprint density at radius 1 is 1.12 bits per heavy atom. The fraction of sp³-hybridized carbons (Fsp3) is 0.700. The molecule has 0 rings (SSSR count). The second kappa shape index (κ2) is 7.61. The van der Waals surface area contributed by atoms with Gasteiger partial charge in [-0.05, 0) is 20.3 Å². The number of urea groups is 1. The summed E-state index contributed by atoms with van der Waals surface area (Å²) >= 11 is 0. The van der Waals surface area contributed by atoms with Gasteiger partial charge in [0, 0.05) is 6.54 Å². The molecule has 0 spiro atoms. The van der Waals surface area contributed by atoms with Crippen molar-refractivity contribution in [3.63, 3.8) is 0 Å². The van der Waals surface area contributed by atoms with Crippen molar-refractivity contribution in [2.45, 2.75) is 39.3 Å². The highest BCUT2D eigenvalue weighted by Gasteiger charge is 2.20. The SMILES string of the molecule is CCCNC(=O)C(C)NC(C)C(=O)NC(N)=O. The molecule has 7 heteroatoms. The number of primary amides is 1. The van der Waals surface area contributed by atoms with Gasteiger partial charge in [-0.25, -0.2) is 4.79 Å². The van der Waals surface area contributed by atoms with Crippen LogP contribution in [-0.2, 0) is 9.59 Å². The molecule has 0 bridgehead atoms. The Kier molecular flexibility index (Phi) is 6.88. The molecule has 0 aromatic heterocycles. The predicted octanol–water partition coefficient (Wildman–Crippen LogP) is -0.926. The molecule has 0 aromatic carbocycles. The molecule has 0 aromatic rings.